The van der Waals surface area contributed by atoms with E-state index in [9.17, 15) is 9.90 Å². The first-order valence-electron chi connectivity index (χ1n) is 7.04. The molecule has 1 aromatic heterocycles. The molecule has 0 radical (unpaired) electrons. The number of benzene rings is 1. The van der Waals surface area contributed by atoms with Gasteiger partial charge in [-0.1, -0.05) is 19.9 Å². The summed E-state index contributed by atoms with van der Waals surface area (Å²) in [6.45, 7) is 7.76. The van der Waals surface area contributed by atoms with Gasteiger partial charge in [0, 0.05) is 20.3 Å². The molecule has 0 saturated carbocycles. The molecule has 0 atom stereocenters. The molecule has 1 aromatic carbocycles. The first kappa shape index (κ1) is 15.5. The maximum Gasteiger partial charge on any atom is 0.337 e. The lowest BCUT2D eigenvalue weighted by atomic mass is 9.89. The minimum atomic E-state index is -0.941. The maximum absolute atomic E-state index is 11.3. The standard InChI is InChI=1S/C16H22N2O3/c1-11-17-14-12(15(19)20)6-5-7-13(14)18(11)10-16(2,3)8-9-21-4/h5-7H,8-10H2,1-4H3,(H,19,20). The average Bonchev–Trinajstić information content (AvgIpc) is 2.72. The third-order valence-corrected chi connectivity index (χ3v) is 3.77. The van der Waals surface area contributed by atoms with Gasteiger partial charge in [0.05, 0.1) is 11.1 Å². The molecule has 0 aliphatic heterocycles. The van der Waals surface area contributed by atoms with Crippen LogP contribution in [0.3, 0.4) is 0 Å². The number of rotatable bonds is 6. The highest BCUT2D eigenvalue weighted by atomic mass is 16.5. The molecule has 21 heavy (non-hydrogen) atoms. The largest absolute Gasteiger partial charge is 0.478 e. The number of aromatic nitrogens is 2. The summed E-state index contributed by atoms with van der Waals surface area (Å²) in [5.74, 6) is -0.104. The number of aryl methyl sites for hydroxylation is 1. The number of ether oxygens (including phenoxy) is 1. The molecule has 0 unspecified atom stereocenters. The number of nitrogens with zero attached hydrogens (tertiary/aromatic N) is 2. The van der Waals surface area contributed by atoms with Crippen molar-refractivity contribution in [1.82, 2.24) is 9.55 Å². The molecule has 5 heteroatoms. The van der Waals surface area contributed by atoms with E-state index >= 15 is 0 Å². The Kier molecular flexibility index (Phi) is 4.32. The van der Waals surface area contributed by atoms with E-state index in [0.717, 1.165) is 24.3 Å². The van der Waals surface area contributed by atoms with Crippen LogP contribution in [0.2, 0.25) is 0 Å². The van der Waals surface area contributed by atoms with Gasteiger partial charge in [0.15, 0.2) is 0 Å². The predicted octanol–water partition coefficient (Wildman–Crippen LogP) is 3.11. The van der Waals surface area contributed by atoms with E-state index in [4.69, 9.17) is 4.74 Å². The van der Waals surface area contributed by atoms with Crippen molar-refractivity contribution in [3.63, 3.8) is 0 Å². The van der Waals surface area contributed by atoms with Gasteiger partial charge in [0.2, 0.25) is 0 Å². The fraction of sp³-hybridized carbons (Fsp3) is 0.500. The van der Waals surface area contributed by atoms with E-state index in [1.165, 1.54) is 0 Å². The van der Waals surface area contributed by atoms with E-state index in [1.807, 2.05) is 13.0 Å². The Morgan fingerprint density at radius 1 is 1.43 bits per heavy atom. The lowest BCUT2D eigenvalue weighted by molar-refractivity contribution is 0.0699. The third kappa shape index (κ3) is 3.24. The van der Waals surface area contributed by atoms with Crippen molar-refractivity contribution in [3.05, 3.63) is 29.6 Å². The number of fused-ring (bicyclic) bond motifs is 1. The van der Waals surface area contributed by atoms with Crippen molar-refractivity contribution in [3.8, 4) is 0 Å². The quantitative estimate of drug-likeness (QED) is 0.888. The lowest BCUT2D eigenvalue weighted by Gasteiger charge is -2.25. The normalized spacial score (nSPS) is 12.0. The van der Waals surface area contributed by atoms with Gasteiger partial charge in [0.25, 0.3) is 0 Å². The fourth-order valence-corrected chi connectivity index (χ4v) is 2.52. The van der Waals surface area contributed by atoms with E-state index in [1.54, 1.807) is 19.2 Å². The molecule has 0 saturated heterocycles. The number of carbonyl (C=O) groups is 1. The van der Waals surface area contributed by atoms with Gasteiger partial charge >= 0.3 is 5.97 Å². The number of carboxylic acid groups (broad SMARTS) is 1. The molecule has 0 spiro atoms. The molecule has 0 bridgehead atoms. The highest BCUT2D eigenvalue weighted by molar-refractivity contribution is 6.01. The second-order valence-electron chi connectivity index (χ2n) is 6.13. The first-order valence-corrected chi connectivity index (χ1v) is 7.04. The third-order valence-electron chi connectivity index (χ3n) is 3.77. The SMILES string of the molecule is COCCC(C)(C)Cn1c(C)nc2c(C(=O)O)cccc21. The van der Waals surface area contributed by atoms with E-state index in [-0.39, 0.29) is 11.0 Å². The molecule has 0 aliphatic rings. The van der Waals surface area contributed by atoms with Crippen LogP contribution in [0, 0.1) is 12.3 Å². The van der Waals surface area contributed by atoms with E-state index < -0.39 is 5.97 Å². The molecule has 2 aromatic rings. The molecule has 2 rings (SSSR count). The highest BCUT2D eigenvalue weighted by Gasteiger charge is 2.22. The molecule has 5 nitrogen and oxygen atoms in total. The summed E-state index contributed by atoms with van der Waals surface area (Å²) in [5.41, 5.74) is 1.74. The van der Waals surface area contributed by atoms with Gasteiger partial charge < -0.3 is 14.4 Å². The number of methoxy groups -OCH3 is 1. The Balaban J connectivity index is 2.43. The summed E-state index contributed by atoms with van der Waals surface area (Å²) in [6.07, 6.45) is 0.932. The van der Waals surface area contributed by atoms with Crippen LogP contribution in [-0.4, -0.2) is 34.3 Å². The Labute approximate surface area is 124 Å². The molecule has 1 heterocycles. The van der Waals surface area contributed by atoms with Gasteiger partial charge in [-0.25, -0.2) is 9.78 Å². The van der Waals surface area contributed by atoms with Crippen molar-refractivity contribution in [2.75, 3.05) is 13.7 Å². The predicted molar refractivity (Wildman–Crippen MR) is 81.7 cm³/mol. The van der Waals surface area contributed by atoms with Crippen LogP contribution in [0.1, 0.15) is 36.5 Å². The fourth-order valence-electron chi connectivity index (χ4n) is 2.52. The van der Waals surface area contributed by atoms with Crippen molar-refractivity contribution in [2.24, 2.45) is 5.41 Å². The first-order chi connectivity index (χ1) is 9.85. The smallest absolute Gasteiger partial charge is 0.337 e. The number of para-hydroxylation sites is 1. The molecular weight excluding hydrogens is 268 g/mol. The zero-order chi connectivity index (χ0) is 15.6. The highest BCUT2D eigenvalue weighted by Crippen LogP contribution is 2.27. The van der Waals surface area contributed by atoms with Gasteiger partial charge in [-0.2, -0.15) is 0 Å². The van der Waals surface area contributed by atoms with Gasteiger partial charge in [0.1, 0.15) is 11.3 Å². The van der Waals surface area contributed by atoms with Crippen LogP contribution in [0.15, 0.2) is 18.2 Å². The van der Waals surface area contributed by atoms with Gasteiger partial charge in [-0.05, 0) is 30.9 Å². The van der Waals surface area contributed by atoms with Gasteiger partial charge in [-0.3, -0.25) is 0 Å². The maximum atomic E-state index is 11.3. The van der Waals surface area contributed by atoms with E-state index in [0.29, 0.717) is 12.1 Å². The Morgan fingerprint density at radius 3 is 2.76 bits per heavy atom. The summed E-state index contributed by atoms with van der Waals surface area (Å²) < 4.78 is 7.26. The average molecular weight is 290 g/mol. The molecule has 114 valence electrons. The Morgan fingerprint density at radius 2 is 2.14 bits per heavy atom. The summed E-state index contributed by atoms with van der Waals surface area (Å²) in [4.78, 5) is 15.7. The van der Waals surface area contributed by atoms with Crippen LogP contribution < -0.4 is 0 Å². The number of hydrogen-bond acceptors (Lipinski definition) is 3. The van der Waals surface area contributed by atoms with Crippen LogP contribution in [-0.2, 0) is 11.3 Å². The molecule has 0 aliphatic carbocycles. The number of imidazole rings is 1. The number of carboxylic acids is 1. The molecule has 0 fully saturated rings. The minimum absolute atomic E-state index is 0.0492. The second kappa shape index (κ2) is 5.85. The zero-order valence-corrected chi connectivity index (χ0v) is 13.0. The van der Waals surface area contributed by atoms with Gasteiger partial charge in [-0.15, -0.1) is 0 Å². The van der Waals surface area contributed by atoms with Crippen molar-refractivity contribution < 1.29 is 14.6 Å². The molecular formula is C16H22N2O3. The Hall–Kier alpha value is -1.88. The van der Waals surface area contributed by atoms with Crippen molar-refractivity contribution in [1.29, 1.82) is 0 Å². The summed E-state index contributed by atoms with van der Waals surface area (Å²) in [5, 5.41) is 9.27. The minimum Gasteiger partial charge on any atom is -0.478 e. The van der Waals surface area contributed by atoms with Crippen LogP contribution in [0.25, 0.3) is 11.0 Å². The number of hydrogen-bond donors (Lipinski definition) is 1. The molecule has 0 amide bonds. The van der Waals surface area contributed by atoms with Crippen molar-refractivity contribution >= 4 is 17.0 Å². The second-order valence-corrected chi connectivity index (χ2v) is 6.13. The molecule has 1 N–H and O–H groups in total. The lowest BCUT2D eigenvalue weighted by Crippen LogP contribution is -2.22. The number of aromatic carboxylic acids is 1. The van der Waals surface area contributed by atoms with Crippen LogP contribution >= 0.6 is 0 Å². The van der Waals surface area contributed by atoms with Crippen LogP contribution in [0.4, 0.5) is 0 Å². The monoisotopic (exact) mass is 290 g/mol. The van der Waals surface area contributed by atoms with E-state index in [2.05, 4.69) is 23.4 Å². The summed E-state index contributed by atoms with van der Waals surface area (Å²) >= 11 is 0. The van der Waals surface area contributed by atoms with Crippen LogP contribution in [0.5, 0.6) is 0 Å². The van der Waals surface area contributed by atoms with Crippen molar-refractivity contribution in [2.45, 2.75) is 33.7 Å². The Bertz CT molecular complexity index is 659. The summed E-state index contributed by atoms with van der Waals surface area (Å²) in [7, 11) is 1.70. The zero-order valence-electron chi connectivity index (χ0n) is 13.0. The topological polar surface area (TPSA) is 64.4 Å². The summed E-state index contributed by atoms with van der Waals surface area (Å²) in [6, 6.07) is 5.29.